The summed E-state index contributed by atoms with van der Waals surface area (Å²) in [6.45, 7) is 15.8. The van der Waals surface area contributed by atoms with Crippen molar-refractivity contribution in [3.63, 3.8) is 0 Å². The van der Waals surface area contributed by atoms with Crippen LogP contribution >= 0.6 is 0 Å². The molecule has 2 nitrogen and oxygen atoms in total. The molecule has 0 unspecified atom stereocenters. The summed E-state index contributed by atoms with van der Waals surface area (Å²) in [5.41, 5.74) is 12.0. The predicted molar refractivity (Wildman–Crippen MR) is 139 cm³/mol. The van der Waals surface area contributed by atoms with Gasteiger partial charge in [0.2, 0.25) is 0 Å². The van der Waals surface area contributed by atoms with Crippen molar-refractivity contribution in [3.05, 3.63) is 100 Å². The van der Waals surface area contributed by atoms with E-state index >= 15 is 0 Å². The molecule has 6 heteroatoms. The summed E-state index contributed by atoms with van der Waals surface area (Å²) in [4.78, 5) is 4.02. The number of anilines is 1. The van der Waals surface area contributed by atoms with E-state index in [1.807, 2.05) is 19.9 Å². The van der Waals surface area contributed by atoms with Crippen LogP contribution < -0.4 is 5.73 Å². The summed E-state index contributed by atoms with van der Waals surface area (Å²) in [6, 6.07) is 11.6. The van der Waals surface area contributed by atoms with Gasteiger partial charge in [-0.2, -0.15) is 13.2 Å². The lowest BCUT2D eigenvalue weighted by atomic mass is 9.98. The summed E-state index contributed by atoms with van der Waals surface area (Å²) in [6.07, 6.45) is -0.361. The number of aryl methyl sites for hydroxylation is 3. The first-order valence-corrected chi connectivity index (χ1v) is 11.7. The fourth-order valence-corrected chi connectivity index (χ4v) is 3.60. The maximum absolute atomic E-state index is 12.9. The van der Waals surface area contributed by atoms with Crippen LogP contribution in [-0.2, 0) is 25.4 Å². The Morgan fingerprint density at radius 1 is 0.914 bits per heavy atom. The van der Waals surface area contributed by atoms with Gasteiger partial charge in [-0.1, -0.05) is 51.6 Å². The summed E-state index contributed by atoms with van der Waals surface area (Å²) >= 11 is 0. The second kappa shape index (κ2) is 13.7. The molecule has 35 heavy (non-hydrogen) atoms. The van der Waals surface area contributed by atoms with Gasteiger partial charge in [-0.15, -0.1) is 0 Å². The van der Waals surface area contributed by atoms with E-state index in [1.165, 1.54) is 23.6 Å². The number of alkyl halides is 3. The molecule has 0 saturated carbocycles. The molecule has 0 fully saturated rings. The van der Waals surface area contributed by atoms with Crippen molar-refractivity contribution in [1.82, 2.24) is 4.98 Å². The molecule has 3 aromatic rings. The van der Waals surface area contributed by atoms with Gasteiger partial charge >= 0.3 is 6.18 Å². The monoisotopic (exact) mass is 488 g/mol. The third-order valence-electron chi connectivity index (χ3n) is 5.63. The molecule has 1 heterocycles. The predicted octanol–water partition coefficient (Wildman–Crippen LogP) is 8.53. The van der Waals surface area contributed by atoms with Gasteiger partial charge in [0.05, 0.1) is 5.56 Å². The molecule has 190 valence electrons. The van der Waals surface area contributed by atoms with Gasteiger partial charge in [-0.25, -0.2) is 9.37 Å². The van der Waals surface area contributed by atoms with Crippen molar-refractivity contribution >= 4 is 11.4 Å². The number of benzene rings is 2. The Bertz CT molecular complexity index is 1120. The largest absolute Gasteiger partial charge is 0.416 e. The minimum absolute atomic E-state index is 0.0432. The Labute approximate surface area is 206 Å². The van der Waals surface area contributed by atoms with Crippen molar-refractivity contribution in [1.29, 1.82) is 0 Å². The first-order valence-electron chi connectivity index (χ1n) is 11.7. The zero-order chi connectivity index (χ0) is 26.8. The number of pyridine rings is 1. The minimum Gasteiger partial charge on any atom is -0.383 e. The number of hydrogen-bond donors (Lipinski definition) is 1. The van der Waals surface area contributed by atoms with E-state index in [9.17, 15) is 17.6 Å². The maximum atomic E-state index is 12.9. The lowest BCUT2D eigenvalue weighted by Gasteiger charge is -2.11. The molecule has 0 spiro atoms. The van der Waals surface area contributed by atoms with Gasteiger partial charge < -0.3 is 5.73 Å². The number of hydrogen-bond acceptors (Lipinski definition) is 2. The Morgan fingerprint density at radius 3 is 1.94 bits per heavy atom. The number of rotatable bonds is 4. The second-order valence-corrected chi connectivity index (χ2v) is 8.24. The third-order valence-corrected chi connectivity index (χ3v) is 5.63. The molecule has 0 aliphatic carbocycles. The first kappa shape index (κ1) is 29.9. The Hall–Kier alpha value is -3.15. The number of nitrogens with two attached hydrogens (primary N) is 1. The molecule has 0 radical (unpaired) electrons. The Kier molecular flexibility index (Phi) is 11.7. The maximum Gasteiger partial charge on any atom is 0.416 e. The highest BCUT2D eigenvalue weighted by atomic mass is 19.4. The average molecular weight is 489 g/mol. The number of halogens is 4. The molecule has 0 aliphatic rings. The van der Waals surface area contributed by atoms with Gasteiger partial charge in [0.25, 0.3) is 0 Å². The SMILES string of the molecule is C=C(C)c1cnc(N)c(C)c1.CCc1c(F)cccc1C(F)(F)F.CCc1cccc(C)c1CC. The Morgan fingerprint density at radius 2 is 1.51 bits per heavy atom. The highest BCUT2D eigenvalue weighted by Crippen LogP contribution is 2.33. The van der Waals surface area contributed by atoms with Crippen molar-refractivity contribution in [2.75, 3.05) is 5.73 Å². The highest BCUT2D eigenvalue weighted by Gasteiger charge is 2.33. The summed E-state index contributed by atoms with van der Waals surface area (Å²) < 4.78 is 49.6. The lowest BCUT2D eigenvalue weighted by Crippen LogP contribution is -2.10. The van der Waals surface area contributed by atoms with Crippen LogP contribution in [0.5, 0.6) is 0 Å². The zero-order valence-corrected chi connectivity index (χ0v) is 21.5. The number of allylic oxidation sites excluding steroid dienone is 1. The van der Waals surface area contributed by atoms with Crippen LogP contribution in [0.3, 0.4) is 0 Å². The molecule has 0 bridgehead atoms. The molecule has 2 N–H and O–H groups in total. The quantitative estimate of drug-likeness (QED) is 0.374. The standard InChI is InChI=1S/C11H16.C9H8F4.C9H12N2/c1-4-10-8-6-7-9(3)11(10)5-2;1-2-6-7(9(11,12)13)4-3-5-8(6)10;1-6(2)8-4-7(3)9(10)11-5-8/h6-8H,4-5H2,1-3H3;3-5H,2H2,1H3;4-5H,1H2,2-3H3,(H2,10,11). The van der Waals surface area contributed by atoms with E-state index in [2.05, 4.69) is 50.5 Å². The summed E-state index contributed by atoms with van der Waals surface area (Å²) in [7, 11) is 0. The van der Waals surface area contributed by atoms with Crippen molar-refractivity contribution in [2.24, 2.45) is 0 Å². The van der Waals surface area contributed by atoms with Crippen molar-refractivity contribution in [3.8, 4) is 0 Å². The fraction of sp³-hybridized carbons (Fsp3) is 0.345. The average Bonchev–Trinajstić information content (AvgIpc) is 2.80. The van der Waals surface area contributed by atoms with Crippen molar-refractivity contribution in [2.45, 2.75) is 67.0 Å². The molecule has 0 atom stereocenters. The fourth-order valence-electron chi connectivity index (χ4n) is 3.60. The van der Waals surface area contributed by atoms with Crippen LogP contribution in [-0.4, -0.2) is 4.98 Å². The third kappa shape index (κ3) is 8.85. The van der Waals surface area contributed by atoms with E-state index in [-0.39, 0.29) is 12.0 Å². The zero-order valence-electron chi connectivity index (χ0n) is 21.5. The van der Waals surface area contributed by atoms with Gasteiger partial charge in [-0.05, 0) is 97.2 Å². The molecule has 0 saturated heterocycles. The van der Waals surface area contributed by atoms with Gasteiger partial charge in [0.1, 0.15) is 11.6 Å². The van der Waals surface area contributed by atoms with Crippen LogP contribution in [0.1, 0.15) is 66.6 Å². The van der Waals surface area contributed by atoms with Gasteiger partial charge in [0.15, 0.2) is 0 Å². The second-order valence-electron chi connectivity index (χ2n) is 8.24. The molecule has 2 aromatic carbocycles. The first-order chi connectivity index (χ1) is 16.4. The van der Waals surface area contributed by atoms with E-state index < -0.39 is 17.6 Å². The topological polar surface area (TPSA) is 38.9 Å². The molecule has 0 aliphatic heterocycles. The number of nitrogens with zero attached hydrogens (tertiary/aromatic N) is 1. The van der Waals surface area contributed by atoms with Gasteiger partial charge in [0, 0.05) is 6.20 Å². The van der Waals surface area contributed by atoms with Crippen LogP contribution in [0, 0.1) is 19.7 Å². The van der Waals surface area contributed by atoms with E-state index in [4.69, 9.17) is 5.73 Å². The van der Waals surface area contributed by atoms with E-state index in [1.54, 1.807) is 6.20 Å². The normalized spacial score (nSPS) is 10.6. The molecule has 0 amide bonds. The molecular weight excluding hydrogens is 452 g/mol. The highest BCUT2D eigenvalue weighted by molar-refractivity contribution is 5.62. The lowest BCUT2D eigenvalue weighted by molar-refractivity contribution is -0.138. The van der Waals surface area contributed by atoms with Crippen LogP contribution in [0.2, 0.25) is 0 Å². The number of nitrogen functional groups attached to an aromatic ring is 1. The van der Waals surface area contributed by atoms with Crippen LogP contribution in [0.4, 0.5) is 23.4 Å². The number of aromatic nitrogens is 1. The molecular formula is C29H36F4N2. The van der Waals surface area contributed by atoms with Gasteiger partial charge in [-0.3, -0.25) is 0 Å². The van der Waals surface area contributed by atoms with Crippen LogP contribution in [0.25, 0.3) is 5.57 Å². The molecule has 1 aromatic heterocycles. The van der Waals surface area contributed by atoms with E-state index in [0.29, 0.717) is 5.82 Å². The Balaban J connectivity index is 0.000000264. The summed E-state index contributed by atoms with van der Waals surface area (Å²) in [5.74, 6) is -0.202. The van der Waals surface area contributed by atoms with E-state index in [0.717, 1.165) is 47.7 Å². The molecule has 3 rings (SSSR count). The van der Waals surface area contributed by atoms with Crippen LogP contribution in [0.15, 0.2) is 55.2 Å². The smallest absolute Gasteiger partial charge is 0.383 e. The summed E-state index contributed by atoms with van der Waals surface area (Å²) in [5, 5.41) is 0. The van der Waals surface area contributed by atoms with Crippen molar-refractivity contribution < 1.29 is 17.6 Å². The minimum atomic E-state index is -4.46.